The molecule has 0 aromatic heterocycles. The summed E-state index contributed by atoms with van der Waals surface area (Å²) >= 11 is 0. The molecule has 14 heavy (non-hydrogen) atoms. The quantitative estimate of drug-likeness (QED) is 0.581. The van der Waals surface area contributed by atoms with Crippen LogP contribution in [0.15, 0.2) is 55.6 Å². The first-order valence-electron chi connectivity index (χ1n) is 3.87. The molecule has 0 bridgehead atoms. The van der Waals surface area contributed by atoms with E-state index < -0.39 is 7.60 Å². The minimum Gasteiger partial charge on any atom is -0.321 e. The van der Waals surface area contributed by atoms with Crippen LogP contribution < -0.4 is 5.30 Å². The van der Waals surface area contributed by atoms with E-state index in [1.165, 1.54) is 12.1 Å². The molecule has 1 rings (SSSR count). The summed E-state index contributed by atoms with van der Waals surface area (Å²) in [6.45, 7) is 6.72. The van der Waals surface area contributed by atoms with Crippen molar-refractivity contribution in [1.29, 1.82) is 0 Å². The maximum atomic E-state index is 10.5. The van der Waals surface area contributed by atoms with Crippen LogP contribution in [0.1, 0.15) is 0 Å². The molecule has 0 spiro atoms. The van der Waals surface area contributed by atoms with Crippen molar-refractivity contribution in [2.45, 2.75) is 0 Å². The van der Waals surface area contributed by atoms with E-state index in [-0.39, 0.29) is 5.30 Å². The summed E-state index contributed by atoms with van der Waals surface area (Å²) < 4.78 is 10.5. The van der Waals surface area contributed by atoms with Gasteiger partial charge in [-0.1, -0.05) is 43.5 Å². The van der Waals surface area contributed by atoms with Gasteiger partial charge in [0.2, 0.25) is 0 Å². The Bertz CT molecular complexity index is 320. The predicted octanol–water partition coefficient (Wildman–Crippen LogP) is 1.85. The van der Waals surface area contributed by atoms with Gasteiger partial charge in [0, 0.05) is 0 Å². The summed E-state index contributed by atoms with van der Waals surface area (Å²) in [7, 11) is -4.02. The molecule has 3 nitrogen and oxygen atoms in total. The van der Waals surface area contributed by atoms with Crippen LogP contribution in [-0.2, 0) is 4.57 Å². The molecular weight excluding hydrogens is 199 g/mol. The van der Waals surface area contributed by atoms with Crippen LogP contribution in [0, 0.1) is 0 Å². The van der Waals surface area contributed by atoms with Gasteiger partial charge >= 0.3 is 7.60 Å². The number of rotatable bonds is 2. The van der Waals surface area contributed by atoms with E-state index >= 15 is 0 Å². The van der Waals surface area contributed by atoms with E-state index in [4.69, 9.17) is 9.79 Å². The Morgan fingerprint density at radius 1 is 1.07 bits per heavy atom. The smallest absolute Gasteiger partial charge is 0.321 e. The highest BCUT2D eigenvalue weighted by Gasteiger charge is 2.14. The van der Waals surface area contributed by atoms with Crippen LogP contribution in [-0.4, -0.2) is 9.79 Å². The van der Waals surface area contributed by atoms with Crippen LogP contribution in [0.5, 0.6) is 0 Å². The zero-order valence-electron chi connectivity index (χ0n) is 7.71. The summed E-state index contributed by atoms with van der Waals surface area (Å²) in [6, 6.07) is 7.70. The maximum absolute atomic E-state index is 10.5. The average Bonchev–Trinajstić information content (AvgIpc) is 2.18. The summed E-state index contributed by atoms with van der Waals surface area (Å²) in [5.74, 6) is 0. The first-order valence-corrected chi connectivity index (χ1v) is 5.48. The average molecular weight is 212 g/mol. The van der Waals surface area contributed by atoms with Gasteiger partial charge in [-0.25, -0.2) is 0 Å². The molecule has 0 aliphatic carbocycles. The molecule has 0 aliphatic rings. The van der Waals surface area contributed by atoms with Crippen LogP contribution in [0.4, 0.5) is 0 Å². The van der Waals surface area contributed by atoms with Gasteiger partial charge in [-0.2, -0.15) is 0 Å². The Balaban J connectivity index is 0.000000364. The van der Waals surface area contributed by atoms with Crippen LogP contribution >= 0.6 is 7.60 Å². The van der Waals surface area contributed by atoms with Crippen LogP contribution in [0.25, 0.3) is 0 Å². The largest absolute Gasteiger partial charge is 0.356 e. The molecule has 1 aromatic rings. The molecular formula is C10H13O3P. The Labute approximate surface area is 83.6 Å². The molecule has 0 heterocycles. The lowest BCUT2D eigenvalue weighted by Gasteiger charge is -2.00. The van der Waals surface area contributed by atoms with Crippen LogP contribution in [0.3, 0.4) is 0 Å². The highest BCUT2D eigenvalue weighted by molar-refractivity contribution is 7.60. The van der Waals surface area contributed by atoms with Gasteiger partial charge in [0.05, 0.1) is 5.30 Å². The molecule has 0 unspecified atom stereocenters. The zero-order valence-corrected chi connectivity index (χ0v) is 8.60. The lowest BCUT2D eigenvalue weighted by Crippen LogP contribution is -2.01. The molecule has 0 aliphatic heterocycles. The van der Waals surface area contributed by atoms with E-state index in [1.807, 2.05) is 0 Å². The third-order valence-corrected chi connectivity index (χ3v) is 2.23. The molecule has 2 N–H and O–H groups in total. The third kappa shape index (κ3) is 5.49. The fourth-order valence-electron chi connectivity index (χ4n) is 0.622. The Kier molecular flexibility index (Phi) is 5.81. The van der Waals surface area contributed by atoms with Crippen molar-refractivity contribution in [2.24, 2.45) is 0 Å². The van der Waals surface area contributed by atoms with Gasteiger partial charge in [-0.15, -0.1) is 0 Å². The topological polar surface area (TPSA) is 57.5 Å². The Hall–Kier alpha value is -1.15. The van der Waals surface area contributed by atoms with E-state index in [9.17, 15) is 4.57 Å². The van der Waals surface area contributed by atoms with Crippen molar-refractivity contribution < 1.29 is 14.4 Å². The van der Waals surface area contributed by atoms with Crippen molar-refractivity contribution in [3.05, 3.63) is 55.6 Å². The normalized spacial score (nSPS) is 9.57. The lowest BCUT2D eigenvalue weighted by atomic mass is 10.4. The summed E-state index contributed by atoms with van der Waals surface area (Å²) in [5.41, 5.74) is 0. The van der Waals surface area contributed by atoms with Gasteiger partial charge in [0.25, 0.3) is 0 Å². The zero-order chi connectivity index (χ0) is 11.0. The summed E-state index contributed by atoms with van der Waals surface area (Å²) in [5, 5.41) is 0.0648. The van der Waals surface area contributed by atoms with Gasteiger partial charge in [0.1, 0.15) is 0 Å². The van der Waals surface area contributed by atoms with Crippen molar-refractivity contribution in [1.82, 2.24) is 0 Å². The van der Waals surface area contributed by atoms with Gasteiger partial charge in [0.15, 0.2) is 0 Å². The minimum atomic E-state index is -4.02. The van der Waals surface area contributed by atoms with Crippen molar-refractivity contribution >= 4 is 12.9 Å². The lowest BCUT2D eigenvalue weighted by molar-refractivity contribution is 0.387. The number of hydrogen-bond donors (Lipinski definition) is 2. The third-order valence-electron chi connectivity index (χ3n) is 1.26. The van der Waals surface area contributed by atoms with Crippen LogP contribution in [0.2, 0.25) is 0 Å². The number of benzene rings is 1. The first kappa shape index (κ1) is 12.8. The molecule has 76 valence electrons. The Morgan fingerprint density at radius 3 is 1.71 bits per heavy atom. The van der Waals surface area contributed by atoms with Gasteiger partial charge in [-0.3, -0.25) is 4.57 Å². The molecule has 1 aromatic carbocycles. The highest BCUT2D eigenvalue weighted by atomic mass is 31.2. The number of hydrogen-bond acceptors (Lipinski definition) is 1. The van der Waals surface area contributed by atoms with Crippen molar-refractivity contribution in [3.8, 4) is 0 Å². The summed E-state index contributed by atoms with van der Waals surface area (Å²) in [6.07, 6.45) is 3.28. The molecule has 0 radical (unpaired) electrons. The molecule has 0 saturated heterocycles. The van der Waals surface area contributed by atoms with Crippen molar-refractivity contribution in [2.75, 3.05) is 0 Å². The minimum absolute atomic E-state index is 0.0648. The summed E-state index contributed by atoms with van der Waals surface area (Å²) in [4.78, 5) is 17.2. The highest BCUT2D eigenvalue weighted by Crippen LogP contribution is 2.32. The van der Waals surface area contributed by atoms with E-state index in [0.29, 0.717) is 0 Å². The molecule has 0 saturated carbocycles. The van der Waals surface area contributed by atoms with Gasteiger partial charge < -0.3 is 9.79 Å². The molecule has 4 heteroatoms. The monoisotopic (exact) mass is 212 g/mol. The fraction of sp³-hybridized carbons (Fsp3) is 0. The molecule has 0 fully saturated rings. The first-order chi connectivity index (χ1) is 6.52. The van der Waals surface area contributed by atoms with E-state index in [2.05, 4.69) is 13.2 Å². The van der Waals surface area contributed by atoms with E-state index in [0.717, 1.165) is 0 Å². The van der Waals surface area contributed by atoms with Gasteiger partial charge in [-0.05, 0) is 12.1 Å². The maximum Gasteiger partial charge on any atom is 0.356 e. The fourth-order valence-corrected chi connectivity index (χ4v) is 1.18. The molecule has 0 atom stereocenters. The van der Waals surface area contributed by atoms with Crippen molar-refractivity contribution in [3.63, 3.8) is 0 Å². The molecule has 0 amide bonds. The predicted molar refractivity (Wildman–Crippen MR) is 58.5 cm³/mol. The van der Waals surface area contributed by atoms with E-state index in [1.54, 1.807) is 30.4 Å². The number of allylic oxidation sites excluding steroid dienone is 2. The second-order valence-electron chi connectivity index (χ2n) is 2.35. The Morgan fingerprint density at radius 2 is 1.50 bits per heavy atom. The second kappa shape index (κ2) is 6.33. The second-order valence-corrected chi connectivity index (χ2v) is 3.96. The standard InChI is InChI=1S/C6H7O3P.C4H6/c7-10(8,9)6-4-2-1-3-5-6;1-3-4-2/h1-5H,(H2,7,8,9);3-4H,1-2H2. The SMILES string of the molecule is C=CC=C.O=P(O)(O)c1ccccc1.